The summed E-state index contributed by atoms with van der Waals surface area (Å²) in [4.78, 5) is 0. The summed E-state index contributed by atoms with van der Waals surface area (Å²) in [7, 11) is 0. The molecule has 0 aromatic heterocycles. The summed E-state index contributed by atoms with van der Waals surface area (Å²) in [5.41, 5.74) is 14.6. The third kappa shape index (κ3) is 2.46. The van der Waals surface area contributed by atoms with Gasteiger partial charge in [-0.1, -0.05) is 91.8 Å². The molecule has 0 N–H and O–H groups in total. The minimum Gasteiger partial charge on any atom is -0.0587 e. The monoisotopic (exact) mass is 394 g/mol. The van der Waals surface area contributed by atoms with Gasteiger partial charge in [0.25, 0.3) is 0 Å². The van der Waals surface area contributed by atoms with Gasteiger partial charge in [0.15, 0.2) is 0 Å². The van der Waals surface area contributed by atoms with Gasteiger partial charge in [-0.05, 0) is 79.6 Å². The number of hydrogen-bond acceptors (Lipinski definition) is 0. The van der Waals surface area contributed by atoms with Crippen LogP contribution in [0.15, 0.2) is 48.5 Å². The topological polar surface area (TPSA) is 0 Å². The molecule has 0 spiro atoms. The zero-order valence-corrected chi connectivity index (χ0v) is 19.8. The van der Waals surface area contributed by atoms with Crippen molar-refractivity contribution < 1.29 is 0 Å². The summed E-state index contributed by atoms with van der Waals surface area (Å²) in [5.74, 6) is 1.11. The summed E-state index contributed by atoms with van der Waals surface area (Å²) in [6, 6.07) is 19.4. The molecule has 0 unspecified atom stereocenters. The van der Waals surface area contributed by atoms with E-state index in [1.165, 1.54) is 55.6 Å². The lowest BCUT2D eigenvalue weighted by Crippen LogP contribution is -2.17. The molecule has 0 radical (unpaired) electrons. The van der Waals surface area contributed by atoms with E-state index in [0.29, 0.717) is 11.8 Å². The average molecular weight is 395 g/mol. The van der Waals surface area contributed by atoms with Crippen LogP contribution < -0.4 is 0 Å². The van der Waals surface area contributed by atoms with Gasteiger partial charge in [-0.15, -0.1) is 0 Å². The smallest absolute Gasteiger partial charge is 0.0159 e. The first kappa shape index (κ1) is 19.6. The molecule has 0 amide bonds. The van der Waals surface area contributed by atoms with Crippen molar-refractivity contribution >= 4 is 0 Å². The molecule has 0 saturated carbocycles. The molecule has 0 nitrogen and oxygen atoms in total. The van der Waals surface area contributed by atoms with E-state index in [4.69, 9.17) is 0 Å². The molecular formula is C30H34. The Hall–Kier alpha value is -2.34. The van der Waals surface area contributed by atoms with E-state index in [9.17, 15) is 0 Å². The van der Waals surface area contributed by atoms with E-state index in [-0.39, 0.29) is 10.8 Å². The van der Waals surface area contributed by atoms with Gasteiger partial charge in [-0.3, -0.25) is 0 Å². The van der Waals surface area contributed by atoms with Crippen molar-refractivity contribution in [2.45, 2.75) is 78.1 Å². The zero-order valence-electron chi connectivity index (χ0n) is 19.8. The molecule has 0 heterocycles. The van der Waals surface area contributed by atoms with Crippen LogP contribution in [0.1, 0.15) is 101 Å². The molecule has 0 heteroatoms. The molecule has 5 rings (SSSR count). The molecule has 0 bridgehead atoms. The van der Waals surface area contributed by atoms with E-state index in [1.54, 1.807) is 0 Å². The van der Waals surface area contributed by atoms with Gasteiger partial charge in [-0.2, -0.15) is 0 Å². The third-order valence-electron chi connectivity index (χ3n) is 7.85. The van der Waals surface area contributed by atoms with Crippen molar-refractivity contribution in [2.24, 2.45) is 0 Å². The molecular weight excluding hydrogens is 360 g/mol. The fourth-order valence-corrected chi connectivity index (χ4v) is 5.72. The van der Waals surface area contributed by atoms with Crippen LogP contribution in [0.5, 0.6) is 0 Å². The number of fused-ring (bicyclic) bond motifs is 6. The van der Waals surface area contributed by atoms with Crippen molar-refractivity contribution in [3.8, 4) is 22.3 Å². The first-order valence-corrected chi connectivity index (χ1v) is 11.5. The van der Waals surface area contributed by atoms with Crippen molar-refractivity contribution in [3.63, 3.8) is 0 Å². The molecule has 3 aromatic carbocycles. The number of benzene rings is 3. The van der Waals surface area contributed by atoms with Crippen molar-refractivity contribution in [3.05, 3.63) is 81.9 Å². The third-order valence-corrected chi connectivity index (χ3v) is 7.85. The maximum atomic E-state index is 2.52. The molecule has 154 valence electrons. The molecule has 0 saturated heterocycles. The average Bonchev–Trinajstić information content (AvgIpc) is 3.06. The zero-order chi connectivity index (χ0) is 21.6. The van der Waals surface area contributed by atoms with E-state index in [2.05, 4.69) is 104 Å². The van der Waals surface area contributed by atoms with Crippen molar-refractivity contribution in [1.29, 1.82) is 0 Å². The van der Waals surface area contributed by atoms with Crippen LogP contribution in [-0.4, -0.2) is 0 Å². The molecule has 0 atom stereocenters. The van der Waals surface area contributed by atoms with Crippen molar-refractivity contribution in [2.75, 3.05) is 0 Å². The maximum Gasteiger partial charge on any atom is 0.0159 e. The van der Waals surface area contributed by atoms with Crippen LogP contribution in [-0.2, 0) is 10.8 Å². The van der Waals surface area contributed by atoms with Gasteiger partial charge in [0.2, 0.25) is 0 Å². The highest BCUT2D eigenvalue weighted by atomic mass is 14.4. The Morgan fingerprint density at radius 3 is 1.13 bits per heavy atom. The van der Waals surface area contributed by atoms with E-state index >= 15 is 0 Å². The summed E-state index contributed by atoms with van der Waals surface area (Å²) >= 11 is 0. The fraction of sp³-hybridized carbons (Fsp3) is 0.400. The number of rotatable bonds is 2. The normalized spacial score (nSPS) is 17.1. The minimum absolute atomic E-state index is 0.0371. The van der Waals surface area contributed by atoms with Gasteiger partial charge in [0.05, 0.1) is 0 Å². The van der Waals surface area contributed by atoms with Crippen LogP contribution in [0.25, 0.3) is 22.3 Å². The largest absolute Gasteiger partial charge is 0.0587 e. The highest BCUT2D eigenvalue weighted by Crippen LogP contribution is 2.56. The number of hydrogen-bond donors (Lipinski definition) is 0. The second-order valence-corrected chi connectivity index (χ2v) is 11.1. The van der Waals surface area contributed by atoms with Crippen LogP contribution in [0.3, 0.4) is 0 Å². The Labute approximate surface area is 182 Å². The van der Waals surface area contributed by atoms with Gasteiger partial charge in [-0.25, -0.2) is 0 Å². The Morgan fingerprint density at radius 1 is 0.467 bits per heavy atom. The molecule has 0 aliphatic heterocycles. The predicted octanol–water partition coefficient (Wildman–Crippen LogP) is 8.55. The van der Waals surface area contributed by atoms with Crippen LogP contribution >= 0.6 is 0 Å². The maximum absolute atomic E-state index is 2.52. The summed E-state index contributed by atoms with van der Waals surface area (Å²) < 4.78 is 0. The molecule has 0 fully saturated rings. The summed E-state index contributed by atoms with van der Waals surface area (Å²) in [6.07, 6.45) is 0. The summed E-state index contributed by atoms with van der Waals surface area (Å²) in [5, 5.41) is 0. The molecule has 2 aliphatic carbocycles. The Morgan fingerprint density at radius 2 is 0.800 bits per heavy atom. The van der Waals surface area contributed by atoms with Gasteiger partial charge >= 0.3 is 0 Å². The first-order chi connectivity index (χ1) is 14.0. The highest BCUT2D eigenvalue weighted by Gasteiger charge is 2.41. The lowest BCUT2D eigenvalue weighted by molar-refractivity contribution is 0.650. The lowest BCUT2D eigenvalue weighted by Gasteiger charge is -2.24. The second-order valence-electron chi connectivity index (χ2n) is 11.1. The van der Waals surface area contributed by atoms with E-state index in [0.717, 1.165) is 0 Å². The standard InChI is InChI=1S/C30H34/c1-17(2)19-9-11-21-23-15-28-24(16-27(23)29(5,6)25(21)13-19)22-12-10-20(18(3)4)14-26(22)30(28,7)8/h9-18H,1-8H3. The van der Waals surface area contributed by atoms with Crippen LogP contribution in [0.2, 0.25) is 0 Å². The second kappa shape index (κ2) is 6.10. The van der Waals surface area contributed by atoms with E-state index in [1.807, 2.05) is 0 Å². The lowest BCUT2D eigenvalue weighted by atomic mass is 9.78. The SMILES string of the molecule is CC(C)c1ccc2c(c1)C(C)(C)c1cc3c(cc1-2)C(C)(C)c1cc(C(C)C)ccc1-3. The fourth-order valence-electron chi connectivity index (χ4n) is 5.72. The minimum atomic E-state index is 0.0371. The Kier molecular flexibility index (Phi) is 3.99. The van der Waals surface area contributed by atoms with Gasteiger partial charge in [0.1, 0.15) is 0 Å². The van der Waals surface area contributed by atoms with Crippen LogP contribution in [0.4, 0.5) is 0 Å². The quantitative estimate of drug-likeness (QED) is 0.408. The molecule has 30 heavy (non-hydrogen) atoms. The van der Waals surface area contributed by atoms with Gasteiger partial charge in [0, 0.05) is 10.8 Å². The predicted molar refractivity (Wildman–Crippen MR) is 130 cm³/mol. The summed E-state index contributed by atoms with van der Waals surface area (Å²) in [6.45, 7) is 18.8. The van der Waals surface area contributed by atoms with Gasteiger partial charge < -0.3 is 0 Å². The molecule has 3 aromatic rings. The Bertz CT molecular complexity index is 1090. The van der Waals surface area contributed by atoms with Crippen LogP contribution in [0, 0.1) is 0 Å². The first-order valence-electron chi connectivity index (χ1n) is 11.5. The molecule has 2 aliphatic rings. The Balaban J connectivity index is 1.75. The van der Waals surface area contributed by atoms with E-state index < -0.39 is 0 Å². The highest BCUT2D eigenvalue weighted by molar-refractivity contribution is 5.89. The van der Waals surface area contributed by atoms with Crippen molar-refractivity contribution in [1.82, 2.24) is 0 Å².